The predicted molar refractivity (Wildman–Crippen MR) is 63.2 cm³/mol. The number of carboxylic acids is 1. The lowest BCUT2D eigenvalue weighted by Crippen LogP contribution is -2.47. The van der Waals surface area contributed by atoms with E-state index in [9.17, 15) is 4.79 Å². The van der Waals surface area contributed by atoms with Gasteiger partial charge in [-0.15, -0.1) is 0 Å². The minimum Gasteiger partial charge on any atom is -0.481 e. The molecule has 1 saturated heterocycles. The Labute approximate surface area is 104 Å². The minimum absolute atomic E-state index is 0.0141. The number of hydrogen-bond acceptors (Lipinski definition) is 5. The van der Waals surface area contributed by atoms with Crippen molar-refractivity contribution in [1.82, 2.24) is 4.98 Å². The van der Waals surface area contributed by atoms with Crippen molar-refractivity contribution in [1.29, 1.82) is 5.26 Å². The van der Waals surface area contributed by atoms with E-state index in [4.69, 9.17) is 15.1 Å². The van der Waals surface area contributed by atoms with Crippen LogP contribution in [0.25, 0.3) is 0 Å². The van der Waals surface area contributed by atoms with Gasteiger partial charge in [0.05, 0.1) is 31.4 Å². The quantitative estimate of drug-likeness (QED) is 0.843. The molecule has 18 heavy (non-hydrogen) atoms. The number of anilines is 1. The van der Waals surface area contributed by atoms with Gasteiger partial charge in [-0.05, 0) is 12.1 Å². The first kappa shape index (κ1) is 12.3. The number of ether oxygens (including phenoxy) is 1. The van der Waals surface area contributed by atoms with Gasteiger partial charge in [0.15, 0.2) is 5.69 Å². The SMILES string of the molecule is N#Cc1ncccc1N1CCOCC1CC(=O)O. The summed E-state index contributed by atoms with van der Waals surface area (Å²) in [7, 11) is 0. The number of nitrogens with zero attached hydrogens (tertiary/aromatic N) is 3. The zero-order valence-corrected chi connectivity index (χ0v) is 9.74. The van der Waals surface area contributed by atoms with Crippen molar-refractivity contribution in [3.8, 4) is 6.07 Å². The lowest BCUT2D eigenvalue weighted by atomic mass is 10.1. The van der Waals surface area contributed by atoms with Crippen LogP contribution in [0.3, 0.4) is 0 Å². The number of carbonyl (C=O) groups is 1. The second-order valence-corrected chi connectivity index (χ2v) is 4.00. The summed E-state index contributed by atoms with van der Waals surface area (Å²) in [5, 5.41) is 17.9. The van der Waals surface area contributed by atoms with Crippen LogP contribution in [0.4, 0.5) is 5.69 Å². The number of rotatable bonds is 3. The second-order valence-electron chi connectivity index (χ2n) is 4.00. The Balaban J connectivity index is 2.28. The Hall–Kier alpha value is -2.13. The van der Waals surface area contributed by atoms with E-state index in [2.05, 4.69) is 4.98 Å². The summed E-state index contributed by atoms with van der Waals surface area (Å²) in [5.74, 6) is -0.877. The first-order valence-electron chi connectivity index (χ1n) is 5.63. The molecule has 1 fully saturated rings. The number of aromatic nitrogens is 1. The molecule has 6 heteroatoms. The number of nitriles is 1. The van der Waals surface area contributed by atoms with Gasteiger partial charge >= 0.3 is 5.97 Å². The van der Waals surface area contributed by atoms with Crippen LogP contribution >= 0.6 is 0 Å². The summed E-state index contributed by atoms with van der Waals surface area (Å²) < 4.78 is 5.30. The highest BCUT2D eigenvalue weighted by Gasteiger charge is 2.27. The summed E-state index contributed by atoms with van der Waals surface area (Å²) in [6.07, 6.45) is 1.54. The van der Waals surface area contributed by atoms with Crippen molar-refractivity contribution < 1.29 is 14.6 Å². The molecule has 94 valence electrons. The van der Waals surface area contributed by atoms with Gasteiger partial charge in [0, 0.05) is 12.7 Å². The summed E-state index contributed by atoms with van der Waals surface area (Å²) in [4.78, 5) is 16.7. The van der Waals surface area contributed by atoms with Gasteiger partial charge < -0.3 is 14.7 Å². The smallest absolute Gasteiger partial charge is 0.305 e. The lowest BCUT2D eigenvalue weighted by molar-refractivity contribution is -0.138. The minimum atomic E-state index is -0.877. The van der Waals surface area contributed by atoms with E-state index in [1.54, 1.807) is 18.3 Å². The topological polar surface area (TPSA) is 86.5 Å². The molecule has 0 radical (unpaired) electrons. The van der Waals surface area contributed by atoms with Crippen LogP contribution in [0, 0.1) is 11.3 Å². The third kappa shape index (κ3) is 2.57. The molecule has 1 aromatic rings. The fourth-order valence-electron chi connectivity index (χ4n) is 2.06. The third-order valence-corrected chi connectivity index (χ3v) is 2.84. The fraction of sp³-hybridized carbons (Fsp3) is 0.417. The molecule has 0 amide bonds. The average molecular weight is 247 g/mol. The Kier molecular flexibility index (Phi) is 3.75. The number of hydrogen-bond donors (Lipinski definition) is 1. The average Bonchev–Trinajstić information content (AvgIpc) is 2.39. The third-order valence-electron chi connectivity index (χ3n) is 2.84. The van der Waals surface area contributed by atoms with Crippen LogP contribution in [0.5, 0.6) is 0 Å². The molecular weight excluding hydrogens is 234 g/mol. The molecule has 6 nitrogen and oxygen atoms in total. The van der Waals surface area contributed by atoms with Crippen LogP contribution in [-0.2, 0) is 9.53 Å². The zero-order chi connectivity index (χ0) is 13.0. The van der Waals surface area contributed by atoms with Gasteiger partial charge in [-0.1, -0.05) is 0 Å². The Morgan fingerprint density at radius 3 is 3.28 bits per heavy atom. The molecule has 1 unspecified atom stereocenters. The van der Waals surface area contributed by atoms with Gasteiger partial charge in [-0.3, -0.25) is 4.79 Å². The number of carboxylic acid groups (broad SMARTS) is 1. The number of aliphatic carboxylic acids is 1. The van der Waals surface area contributed by atoms with E-state index in [1.165, 1.54) is 0 Å². The molecule has 1 N–H and O–H groups in total. The van der Waals surface area contributed by atoms with Gasteiger partial charge in [0.25, 0.3) is 0 Å². The van der Waals surface area contributed by atoms with E-state index < -0.39 is 5.97 Å². The van der Waals surface area contributed by atoms with Crippen LogP contribution in [-0.4, -0.2) is 41.9 Å². The van der Waals surface area contributed by atoms with Crippen molar-refractivity contribution in [2.75, 3.05) is 24.7 Å². The largest absolute Gasteiger partial charge is 0.481 e. The molecule has 1 aromatic heterocycles. The van der Waals surface area contributed by atoms with E-state index in [0.717, 1.165) is 0 Å². The number of pyridine rings is 1. The molecule has 0 spiro atoms. The van der Waals surface area contributed by atoms with E-state index >= 15 is 0 Å². The standard InChI is InChI=1S/C12H13N3O3/c13-7-10-11(2-1-3-14-10)15-4-5-18-8-9(15)6-12(16)17/h1-3,9H,4-6,8H2,(H,16,17). The maximum Gasteiger partial charge on any atom is 0.305 e. The van der Waals surface area contributed by atoms with Crippen LogP contribution in [0.1, 0.15) is 12.1 Å². The van der Waals surface area contributed by atoms with Gasteiger partial charge in [0.1, 0.15) is 6.07 Å². The maximum atomic E-state index is 10.8. The fourth-order valence-corrected chi connectivity index (χ4v) is 2.06. The first-order chi connectivity index (χ1) is 8.72. The summed E-state index contributed by atoms with van der Waals surface area (Å²) in [6.45, 7) is 1.44. The molecular formula is C12H13N3O3. The summed E-state index contributed by atoms with van der Waals surface area (Å²) in [5.41, 5.74) is 0.990. The molecule has 2 rings (SSSR count). The van der Waals surface area contributed by atoms with Crippen molar-refractivity contribution in [2.24, 2.45) is 0 Å². The van der Waals surface area contributed by atoms with E-state index in [-0.39, 0.29) is 12.5 Å². The van der Waals surface area contributed by atoms with Gasteiger partial charge in [-0.25, -0.2) is 4.98 Å². The van der Waals surface area contributed by atoms with Crippen LogP contribution in [0.2, 0.25) is 0 Å². The van der Waals surface area contributed by atoms with E-state index in [1.807, 2.05) is 11.0 Å². The molecule has 0 aromatic carbocycles. The highest BCUT2D eigenvalue weighted by atomic mass is 16.5. The molecule has 2 heterocycles. The molecule has 0 aliphatic carbocycles. The Morgan fingerprint density at radius 1 is 1.72 bits per heavy atom. The molecule has 1 aliphatic rings. The molecule has 0 bridgehead atoms. The zero-order valence-electron chi connectivity index (χ0n) is 9.74. The highest BCUT2D eigenvalue weighted by Crippen LogP contribution is 2.23. The predicted octanol–water partition coefficient (Wildman–Crippen LogP) is 0.633. The Morgan fingerprint density at radius 2 is 2.56 bits per heavy atom. The summed E-state index contributed by atoms with van der Waals surface area (Å²) >= 11 is 0. The number of morpholine rings is 1. The van der Waals surface area contributed by atoms with Crippen LogP contribution < -0.4 is 4.90 Å². The van der Waals surface area contributed by atoms with Gasteiger partial charge in [-0.2, -0.15) is 5.26 Å². The normalized spacial score (nSPS) is 19.3. The van der Waals surface area contributed by atoms with Crippen molar-refractivity contribution >= 4 is 11.7 Å². The molecule has 0 saturated carbocycles. The molecule has 1 atom stereocenters. The first-order valence-corrected chi connectivity index (χ1v) is 5.63. The maximum absolute atomic E-state index is 10.8. The Bertz CT molecular complexity index is 484. The summed E-state index contributed by atoms with van der Waals surface area (Å²) in [6, 6.07) is 5.29. The highest BCUT2D eigenvalue weighted by molar-refractivity contribution is 5.69. The van der Waals surface area contributed by atoms with Crippen LogP contribution in [0.15, 0.2) is 18.3 Å². The monoisotopic (exact) mass is 247 g/mol. The van der Waals surface area contributed by atoms with Gasteiger partial charge in [0.2, 0.25) is 0 Å². The second kappa shape index (κ2) is 5.47. The lowest BCUT2D eigenvalue weighted by Gasteiger charge is -2.36. The van der Waals surface area contributed by atoms with Crippen molar-refractivity contribution in [2.45, 2.75) is 12.5 Å². The molecule has 1 aliphatic heterocycles. The van der Waals surface area contributed by atoms with Crippen molar-refractivity contribution in [3.05, 3.63) is 24.0 Å². The van der Waals surface area contributed by atoms with Crippen molar-refractivity contribution in [3.63, 3.8) is 0 Å². The van der Waals surface area contributed by atoms with E-state index in [0.29, 0.717) is 31.1 Å².